The van der Waals surface area contributed by atoms with Crippen molar-refractivity contribution in [2.75, 3.05) is 13.1 Å². The van der Waals surface area contributed by atoms with E-state index in [4.69, 9.17) is 5.11 Å². The van der Waals surface area contributed by atoms with Gasteiger partial charge >= 0.3 is 12.0 Å². The third kappa shape index (κ3) is 4.08. The summed E-state index contributed by atoms with van der Waals surface area (Å²) in [6.45, 7) is 8.09. The molecule has 0 atom stereocenters. The number of hydrogen-bond donors (Lipinski definition) is 2. The second-order valence-corrected chi connectivity index (χ2v) is 6.00. The van der Waals surface area contributed by atoms with E-state index >= 15 is 0 Å². The van der Waals surface area contributed by atoms with Gasteiger partial charge in [-0.05, 0) is 32.1 Å². The number of piperidine rings is 1. The van der Waals surface area contributed by atoms with Gasteiger partial charge in [-0.1, -0.05) is 13.8 Å². The normalized spacial score (nSPS) is 19.1. The maximum atomic E-state index is 12.0. The predicted molar refractivity (Wildman–Crippen MR) is 74.1 cm³/mol. The van der Waals surface area contributed by atoms with Crippen molar-refractivity contribution in [3.8, 4) is 0 Å². The second-order valence-electron chi connectivity index (χ2n) is 6.00. The summed E-state index contributed by atoms with van der Waals surface area (Å²) in [5.74, 6) is -1.82. The van der Waals surface area contributed by atoms with Gasteiger partial charge < -0.3 is 10.0 Å². The van der Waals surface area contributed by atoms with Crippen molar-refractivity contribution in [3.63, 3.8) is 0 Å². The molecule has 6 heteroatoms. The highest BCUT2D eigenvalue weighted by Crippen LogP contribution is 2.28. The first kappa shape index (κ1) is 16.2. The Bertz CT molecular complexity index is 466. The van der Waals surface area contributed by atoms with Crippen LogP contribution in [0.4, 0.5) is 4.79 Å². The number of hydrogen-bond acceptors (Lipinski definition) is 3. The third-order valence-electron chi connectivity index (χ3n) is 3.63. The summed E-state index contributed by atoms with van der Waals surface area (Å²) in [4.78, 5) is 36.2. The van der Waals surface area contributed by atoms with Crippen LogP contribution in [-0.4, -0.2) is 41.0 Å². The molecule has 6 nitrogen and oxygen atoms in total. The molecule has 112 valence electrons. The van der Waals surface area contributed by atoms with E-state index in [1.165, 1.54) is 13.8 Å². The molecule has 1 aliphatic rings. The van der Waals surface area contributed by atoms with Gasteiger partial charge in [0.25, 0.3) is 5.91 Å². The quantitative estimate of drug-likeness (QED) is 0.756. The van der Waals surface area contributed by atoms with Crippen LogP contribution in [0.5, 0.6) is 0 Å². The minimum absolute atomic E-state index is 0.0422. The van der Waals surface area contributed by atoms with Crippen molar-refractivity contribution < 1.29 is 19.5 Å². The minimum Gasteiger partial charge on any atom is -0.478 e. The van der Waals surface area contributed by atoms with Gasteiger partial charge in [0.15, 0.2) is 0 Å². The van der Waals surface area contributed by atoms with Gasteiger partial charge in [-0.25, -0.2) is 9.59 Å². The van der Waals surface area contributed by atoms with Gasteiger partial charge in [0.05, 0.1) is 0 Å². The van der Waals surface area contributed by atoms with Gasteiger partial charge in [0, 0.05) is 24.2 Å². The molecule has 1 aliphatic heterocycles. The molecule has 0 unspecified atom stereocenters. The summed E-state index contributed by atoms with van der Waals surface area (Å²) in [7, 11) is 0. The Kier molecular flexibility index (Phi) is 4.92. The van der Waals surface area contributed by atoms with E-state index in [0.717, 1.165) is 12.8 Å². The molecule has 0 saturated carbocycles. The number of carbonyl (C=O) groups is 3. The molecule has 0 bridgehead atoms. The number of nitrogens with one attached hydrogen (secondary N) is 1. The van der Waals surface area contributed by atoms with E-state index < -0.39 is 17.9 Å². The summed E-state index contributed by atoms with van der Waals surface area (Å²) in [5.41, 5.74) is 0.0249. The molecule has 3 amide bonds. The number of aliphatic carboxylic acids is 1. The number of nitrogens with zero attached hydrogens (tertiary/aromatic N) is 1. The van der Waals surface area contributed by atoms with Crippen LogP contribution in [0.3, 0.4) is 0 Å². The first-order chi connectivity index (χ1) is 9.14. The van der Waals surface area contributed by atoms with E-state index in [2.05, 4.69) is 19.2 Å². The highest BCUT2D eigenvalue weighted by atomic mass is 16.4. The molecule has 20 heavy (non-hydrogen) atoms. The van der Waals surface area contributed by atoms with Crippen LogP contribution in [0.25, 0.3) is 0 Å². The zero-order valence-corrected chi connectivity index (χ0v) is 12.4. The summed E-state index contributed by atoms with van der Waals surface area (Å²) >= 11 is 0. The topological polar surface area (TPSA) is 86.7 Å². The summed E-state index contributed by atoms with van der Waals surface area (Å²) in [6.07, 6.45) is 1.94. The average molecular weight is 282 g/mol. The Morgan fingerprint density at radius 2 is 1.75 bits per heavy atom. The zero-order valence-electron chi connectivity index (χ0n) is 12.4. The number of imide groups is 1. The number of urea groups is 1. The molecule has 1 heterocycles. The number of rotatable bonds is 2. The Labute approximate surface area is 118 Å². The van der Waals surface area contributed by atoms with Crippen molar-refractivity contribution in [1.29, 1.82) is 0 Å². The highest BCUT2D eigenvalue weighted by Gasteiger charge is 2.30. The van der Waals surface area contributed by atoms with E-state index in [9.17, 15) is 14.4 Å². The van der Waals surface area contributed by atoms with Gasteiger partial charge in [0.2, 0.25) is 0 Å². The van der Waals surface area contributed by atoms with E-state index in [-0.39, 0.29) is 16.6 Å². The number of carboxylic acid groups (broad SMARTS) is 1. The maximum Gasteiger partial charge on any atom is 0.331 e. The summed E-state index contributed by atoms with van der Waals surface area (Å²) in [6, 6.07) is -0.458. The lowest BCUT2D eigenvalue weighted by atomic mass is 9.84. The molecule has 1 saturated heterocycles. The Balaban J connectivity index is 2.69. The molecule has 0 radical (unpaired) electrons. The standard InChI is InChI=1S/C14H22N2O4/c1-9(10(2)12(18)19)11(17)15-13(20)16-7-5-6-14(3,4)8-16/h5-8H2,1-4H3,(H,18,19)(H,15,17,20). The van der Waals surface area contributed by atoms with E-state index in [1.54, 1.807) is 4.90 Å². The van der Waals surface area contributed by atoms with Crippen molar-refractivity contribution in [2.24, 2.45) is 5.41 Å². The van der Waals surface area contributed by atoms with Crippen LogP contribution in [0.1, 0.15) is 40.5 Å². The van der Waals surface area contributed by atoms with Gasteiger partial charge in [0.1, 0.15) is 0 Å². The summed E-state index contributed by atoms with van der Waals surface area (Å²) < 4.78 is 0. The molecule has 0 aliphatic carbocycles. The van der Waals surface area contributed by atoms with Crippen LogP contribution < -0.4 is 5.32 Å². The molecule has 0 aromatic rings. The van der Waals surface area contributed by atoms with Crippen LogP contribution >= 0.6 is 0 Å². The number of amides is 3. The predicted octanol–water partition coefficient (Wildman–Crippen LogP) is 1.77. The fourth-order valence-electron chi connectivity index (χ4n) is 2.20. The average Bonchev–Trinajstić information content (AvgIpc) is 2.35. The van der Waals surface area contributed by atoms with Crippen LogP contribution in [-0.2, 0) is 9.59 Å². The van der Waals surface area contributed by atoms with Crippen LogP contribution in [0.15, 0.2) is 11.1 Å². The van der Waals surface area contributed by atoms with Crippen LogP contribution in [0.2, 0.25) is 0 Å². The monoisotopic (exact) mass is 282 g/mol. The first-order valence-corrected chi connectivity index (χ1v) is 6.65. The largest absolute Gasteiger partial charge is 0.478 e. The van der Waals surface area contributed by atoms with Crippen molar-refractivity contribution in [3.05, 3.63) is 11.1 Å². The lowest BCUT2D eigenvalue weighted by molar-refractivity contribution is -0.133. The number of carbonyl (C=O) groups excluding carboxylic acids is 2. The Morgan fingerprint density at radius 3 is 2.25 bits per heavy atom. The van der Waals surface area contributed by atoms with Crippen molar-refractivity contribution in [1.82, 2.24) is 10.2 Å². The Morgan fingerprint density at radius 1 is 1.15 bits per heavy atom. The second kappa shape index (κ2) is 6.07. The smallest absolute Gasteiger partial charge is 0.331 e. The first-order valence-electron chi connectivity index (χ1n) is 6.65. The summed E-state index contributed by atoms with van der Waals surface area (Å²) in [5, 5.41) is 11.1. The third-order valence-corrected chi connectivity index (χ3v) is 3.63. The SMILES string of the molecule is CC(C(=O)O)=C(C)C(=O)NC(=O)N1CCCC(C)(C)C1. The molecule has 0 aromatic heterocycles. The van der Waals surface area contributed by atoms with Crippen molar-refractivity contribution >= 4 is 17.9 Å². The van der Waals surface area contributed by atoms with Crippen LogP contribution in [0, 0.1) is 5.41 Å². The number of carboxylic acids is 1. The molecule has 0 spiro atoms. The molecule has 1 rings (SSSR count). The molecule has 0 aromatic carbocycles. The van der Waals surface area contributed by atoms with Gasteiger partial charge in [-0.15, -0.1) is 0 Å². The van der Waals surface area contributed by atoms with Crippen molar-refractivity contribution in [2.45, 2.75) is 40.5 Å². The van der Waals surface area contributed by atoms with E-state index in [0.29, 0.717) is 13.1 Å². The maximum absolute atomic E-state index is 12.0. The lowest BCUT2D eigenvalue weighted by Crippen LogP contribution is -2.49. The molecule has 2 N–H and O–H groups in total. The van der Waals surface area contributed by atoms with E-state index in [1.807, 2.05) is 0 Å². The minimum atomic E-state index is -1.16. The van der Waals surface area contributed by atoms with Gasteiger partial charge in [-0.3, -0.25) is 10.1 Å². The van der Waals surface area contributed by atoms with Gasteiger partial charge in [-0.2, -0.15) is 0 Å². The lowest BCUT2D eigenvalue weighted by Gasteiger charge is -2.37. The molecule has 1 fully saturated rings. The number of likely N-dealkylation sites (tertiary alicyclic amines) is 1. The molecular formula is C14H22N2O4. The fourth-order valence-corrected chi connectivity index (χ4v) is 2.20. The highest BCUT2D eigenvalue weighted by molar-refractivity contribution is 6.07. The molecular weight excluding hydrogens is 260 g/mol. The zero-order chi connectivity index (χ0) is 15.5. The Hall–Kier alpha value is -1.85. The fraction of sp³-hybridized carbons (Fsp3) is 0.643.